The number of nitrogens with zero attached hydrogens (tertiary/aromatic N) is 1. The summed E-state index contributed by atoms with van der Waals surface area (Å²) in [6.07, 6.45) is 0.739. The summed E-state index contributed by atoms with van der Waals surface area (Å²) in [6.45, 7) is 3.32. The Morgan fingerprint density at radius 2 is 1.60 bits per heavy atom. The Hall–Kier alpha value is -3.72. The fraction of sp³-hybridized carbons (Fsp3) is 0.269. The summed E-state index contributed by atoms with van der Waals surface area (Å²) in [5.74, 6) is 0.906. The largest absolute Gasteiger partial charge is 0.490 e. The van der Waals surface area contributed by atoms with E-state index in [-0.39, 0.29) is 10.8 Å². The summed E-state index contributed by atoms with van der Waals surface area (Å²) in [7, 11) is -2.05. The predicted octanol–water partition coefficient (Wildman–Crippen LogP) is 4.11. The van der Waals surface area contributed by atoms with Crippen molar-refractivity contribution in [1.29, 1.82) is 0 Å². The van der Waals surface area contributed by atoms with Gasteiger partial charge in [-0.15, -0.1) is 0 Å². The van der Waals surface area contributed by atoms with Crippen LogP contribution in [0.1, 0.15) is 18.9 Å². The molecule has 0 bridgehead atoms. The molecule has 0 saturated heterocycles. The van der Waals surface area contributed by atoms with Crippen molar-refractivity contribution in [3.63, 3.8) is 0 Å². The Labute approximate surface area is 205 Å². The maximum atomic E-state index is 12.9. The van der Waals surface area contributed by atoms with Gasteiger partial charge in [0.1, 0.15) is 6.04 Å². The Morgan fingerprint density at radius 3 is 2.31 bits per heavy atom. The molecule has 1 aliphatic rings. The third-order valence-electron chi connectivity index (χ3n) is 5.56. The first-order valence-electron chi connectivity index (χ1n) is 11.4. The van der Waals surface area contributed by atoms with Crippen LogP contribution in [-0.2, 0) is 21.4 Å². The normalized spacial score (nSPS) is 13.9. The smallest absolute Gasteiger partial charge is 0.262 e. The number of nitrogens with one attached hydrogen (secondary N) is 2. The number of sulfonamides is 1. The zero-order valence-corrected chi connectivity index (χ0v) is 20.5. The fourth-order valence-corrected chi connectivity index (χ4v) is 4.81. The zero-order chi connectivity index (χ0) is 24.8. The molecule has 0 spiro atoms. The highest BCUT2D eigenvalue weighted by Gasteiger charge is 2.20. The molecule has 1 aliphatic heterocycles. The average Bonchev–Trinajstić information content (AvgIpc) is 3.10. The van der Waals surface area contributed by atoms with Crippen molar-refractivity contribution in [2.75, 3.05) is 30.3 Å². The molecule has 9 heteroatoms. The Bertz CT molecular complexity index is 1260. The van der Waals surface area contributed by atoms with Gasteiger partial charge in [0.05, 0.1) is 18.1 Å². The number of amides is 1. The average molecular weight is 496 g/mol. The van der Waals surface area contributed by atoms with Crippen LogP contribution >= 0.6 is 0 Å². The molecule has 4 rings (SSSR count). The van der Waals surface area contributed by atoms with Crippen molar-refractivity contribution in [3.8, 4) is 11.5 Å². The second-order valence-corrected chi connectivity index (χ2v) is 10.1. The summed E-state index contributed by atoms with van der Waals surface area (Å²) >= 11 is 0. The molecule has 1 atom stereocenters. The molecule has 0 fully saturated rings. The van der Waals surface area contributed by atoms with Gasteiger partial charge < -0.3 is 19.7 Å². The maximum Gasteiger partial charge on any atom is 0.262 e. The number of carbonyl (C=O) groups is 1. The van der Waals surface area contributed by atoms with Gasteiger partial charge in [0.15, 0.2) is 11.5 Å². The first-order valence-corrected chi connectivity index (χ1v) is 12.9. The maximum absolute atomic E-state index is 12.9. The molecular weight excluding hydrogens is 466 g/mol. The van der Waals surface area contributed by atoms with Crippen molar-refractivity contribution < 1.29 is 22.7 Å². The van der Waals surface area contributed by atoms with E-state index < -0.39 is 16.1 Å². The molecule has 1 unspecified atom stereocenters. The van der Waals surface area contributed by atoms with Gasteiger partial charge in [0.2, 0.25) is 5.91 Å². The summed E-state index contributed by atoms with van der Waals surface area (Å²) in [6, 6.07) is 20.7. The minimum absolute atomic E-state index is 0.0481. The van der Waals surface area contributed by atoms with E-state index in [1.807, 2.05) is 30.3 Å². The van der Waals surface area contributed by atoms with Crippen molar-refractivity contribution >= 4 is 27.3 Å². The highest BCUT2D eigenvalue weighted by Crippen LogP contribution is 2.32. The first kappa shape index (κ1) is 24.4. The van der Waals surface area contributed by atoms with Crippen molar-refractivity contribution in [2.45, 2.75) is 30.8 Å². The molecule has 0 saturated carbocycles. The molecule has 8 nitrogen and oxygen atoms in total. The number of benzene rings is 3. The fourth-order valence-electron chi connectivity index (χ4n) is 3.74. The van der Waals surface area contributed by atoms with E-state index in [9.17, 15) is 13.2 Å². The first-order chi connectivity index (χ1) is 16.8. The number of likely N-dealkylation sites (N-methyl/N-ethyl adjacent to an activating group) is 1. The van der Waals surface area contributed by atoms with E-state index in [0.717, 1.165) is 12.0 Å². The SMILES string of the molecule is CC(Nc1ccc(NS(=O)(=O)c2ccc3c(c2)OCCCO3)cc1)C(=O)N(C)Cc1ccccc1. The third-order valence-corrected chi connectivity index (χ3v) is 6.94. The van der Waals surface area contributed by atoms with Crippen LogP contribution in [0.4, 0.5) is 11.4 Å². The second kappa shape index (κ2) is 10.7. The lowest BCUT2D eigenvalue weighted by atomic mass is 10.2. The lowest BCUT2D eigenvalue weighted by molar-refractivity contribution is -0.130. The molecule has 0 aromatic heterocycles. The van der Waals surface area contributed by atoms with Gasteiger partial charge in [-0.25, -0.2) is 8.42 Å². The lowest BCUT2D eigenvalue weighted by Crippen LogP contribution is -2.38. The number of rotatable bonds is 8. The van der Waals surface area contributed by atoms with Crippen LogP contribution < -0.4 is 19.5 Å². The summed E-state index contributed by atoms with van der Waals surface area (Å²) in [5, 5.41) is 3.17. The molecule has 3 aromatic rings. The lowest BCUT2D eigenvalue weighted by Gasteiger charge is -2.23. The molecule has 184 valence electrons. The van der Waals surface area contributed by atoms with Crippen LogP contribution in [0.2, 0.25) is 0 Å². The monoisotopic (exact) mass is 495 g/mol. The quantitative estimate of drug-likeness (QED) is 0.488. The van der Waals surface area contributed by atoms with Gasteiger partial charge >= 0.3 is 0 Å². The molecule has 2 N–H and O–H groups in total. The summed E-state index contributed by atoms with van der Waals surface area (Å²) in [4.78, 5) is 14.5. The Balaban J connectivity index is 1.37. The van der Waals surface area contributed by atoms with Crippen molar-refractivity contribution in [3.05, 3.63) is 78.4 Å². The van der Waals surface area contributed by atoms with Crippen LogP contribution in [0, 0.1) is 0 Å². The van der Waals surface area contributed by atoms with E-state index in [0.29, 0.717) is 42.6 Å². The number of anilines is 2. The van der Waals surface area contributed by atoms with Gasteiger partial charge in [0.25, 0.3) is 10.0 Å². The topological polar surface area (TPSA) is 97.0 Å². The van der Waals surface area contributed by atoms with E-state index in [4.69, 9.17) is 9.47 Å². The molecule has 0 radical (unpaired) electrons. The van der Waals surface area contributed by atoms with E-state index >= 15 is 0 Å². The predicted molar refractivity (Wildman–Crippen MR) is 135 cm³/mol. The van der Waals surface area contributed by atoms with E-state index in [1.54, 1.807) is 49.2 Å². The minimum atomic E-state index is -3.82. The van der Waals surface area contributed by atoms with Gasteiger partial charge in [-0.1, -0.05) is 30.3 Å². The van der Waals surface area contributed by atoms with Crippen LogP contribution in [0.15, 0.2) is 77.7 Å². The second-order valence-electron chi connectivity index (χ2n) is 8.39. The minimum Gasteiger partial charge on any atom is -0.490 e. The standard InChI is InChI=1S/C26H29N3O5S/c1-19(26(30)29(2)18-20-7-4-3-5-8-20)27-21-9-11-22(12-10-21)28-35(31,32)23-13-14-24-25(17-23)34-16-6-15-33-24/h3-5,7-14,17,19,27-28H,6,15-16,18H2,1-2H3. The number of fused-ring (bicyclic) bond motifs is 1. The Morgan fingerprint density at radius 1 is 0.943 bits per heavy atom. The summed E-state index contributed by atoms with van der Waals surface area (Å²) in [5.41, 5.74) is 2.17. The number of hydrogen-bond acceptors (Lipinski definition) is 6. The van der Waals surface area contributed by atoms with Crippen LogP contribution in [-0.4, -0.2) is 45.5 Å². The molecule has 3 aromatic carbocycles. The van der Waals surface area contributed by atoms with Crippen molar-refractivity contribution in [1.82, 2.24) is 4.90 Å². The number of carbonyl (C=O) groups excluding carboxylic acids is 1. The van der Waals surface area contributed by atoms with Gasteiger partial charge in [-0.05, 0) is 48.9 Å². The number of hydrogen-bond donors (Lipinski definition) is 2. The van der Waals surface area contributed by atoms with E-state index in [2.05, 4.69) is 10.0 Å². The highest BCUT2D eigenvalue weighted by atomic mass is 32.2. The van der Waals surface area contributed by atoms with Gasteiger partial charge in [-0.3, -0.25) is 9.52 Å². The van der Waals surface area contributed by atoms with Gasteiger partial charge in [-0.2, -0.15) is 0 Å². The molecular formula is C26H29N3O5S. The number of ether oxygens (including phenoxy) is 2. The molecule has 1 heterocycles. The molecule has 1 amide bonds. The third kappa shape index (κ3) is 6.24. The van der Waals surface area contributed by atoms with Crippen molar-refractivity contribution in [2.24, 2.45) is 0 Å². The zero-order valence-electron chi connectivity index (χ0n) is 19.7. The van der Waals surface area contributed by atoms with Crippen LogP contribution in [0.3, 0.4) is 0 Å². The highest BCUT2D eigenvalue weighted by molar-refractivity contribution is 7.92. The van der Waals surface area contributed by atoms with E-state index in [1.165, 1.54) is 12.1 Å². The van der Waals surface area contributed by atoms with Crippen LogP contribution in [0.5, 0.6) is 11.5 Å². The van der Waals surface area contributed by atoms with Gasteiger partial charge in [0, 0.05) is 37.5 Å². The summed E-state index contributed by atoms with van der Waals surface area (Å²) < 4.78 is 39.5. The molecule has 35 heavy (non-hydrogen) atoms. The molecule has 0 aliphatic carbocycles. The Kier molecular flexibility index (Phi) is 7.45. The van der Waals surface area contributed by atoms with Crippen LogP contribution in [0.25, 0.3) is 0 Å².